The van der Waals surface area contributed by atoms with Crippen molar-refractivity contribution in [2.24, 2.45) is 0 Å². The third-order valence-corrected chi connectivity index (χ3v) is 6.63. The first-order valence-electron chi connectivity index (χ1n) is 9.39. The van der Waals surface area contributed by atoms with Gasteiger partial charge in [0.25, 0.3) is 0 Å². The topological polar surface area (TPSA) is 83.9 Å². The quantitative estimate of drug-likeness (QED) is 0.624. The molecule has 0 bridgehead atoms. The molecule has 1 N–H and O–H groups in total. The van der Waals surface area contributed by atoms with Gasteiger partial charge in [0.05, 0.1) is 11.5 Å². The molecule has 2 unspecified atom stereocenters. The van der Waals surface area contributed by atoms with E-state index in [9.17, 15) is 22.7 Å². The molecule has 0 spiro atoms. The molecule has 0 aromatic heterocycles. The first-order chi connectivity index (χ1) is 13.8. The predicted molar refractivity (Wildman–Crippen MR) is 107 cm³/mol. The summed E-state index contributed by atoms with van der Waals surface area (Å²) >= 11 is 0. The summed E-state index contributed by atoms with van der Waals surface area (Å²) in [5, 5.41) is 10.5. The van der Waals surface area contributed by atoms with Gasteiger partial charge in [-0.1, -0.05) is 24.3 Å². The Bertz CT molecular complexity index is 950. The molecule has 8 heteroatoms. The number of carbonyl (C=O) groups excluding carboxylic acids is 1. The number of aliphatic hydroxyl groups is 1. The van der Waals surface area contributed by atoms with Crippen LogP contribution >= 0.6 is 0 Å². The number of hydrogen-bond acceptors (Lipinski definition) is 6. The van der Waals surface area contributed by atoms with Crippen molar-refractivity contribution in [2.45, 2.75) is 25.1 Å². The third kappa shape index (κ3) is 6.35. The lowest BCUT2D eigenvalue weighted by Gasteiger charge is -2.30. The van der Waals surface area contributed by atoms with E-state index in [1.807, 2.05) is 4.90 Å². The molecule has 0 aliphatic carbocycles. The van der Waals surface area contributed by atoms with Gasteiger partial charge < -0.3 is 9.84 Å². The van der Waals surface area contributed by atoms with Crippen LogP contribution in [-0.4, -0.2) is 61.5 Å². The van der Waals surface area contributed by atoms with Gasteiger partial charge in [-0.25, -0.2) is 12.8 Å². The minimum atomic E-state index is -3.10. The zero-order valence-electron chi connectivity index (χ0n) is 15.9. The van der Waals surface area contributed by atoms with E-state index < -0.39 is 15.9 Å². The normalized spacial score (nSPS) is 19.2. The minimum Gasteiger partial charge on any atom is -0.491 e. The summed E-state index contributed by atoms with van der Waals surface area (Å²) in [7, 11) is -3.10. The zero-order chi connectivity index (χ0) is 20.9. The monoisotopic (exact) mass is 421 g/mol. The molecule has 3 rings (SSSR count). The molecular formula is C21H24FNO5S. The molecule has 1 saturated heterocycles. The molecule has 2 aromatic carbocycles. The fourth-order valence-corrected chi connectivity index (χ4v) is 5.23. The first kappa shape index (κ1) is 21.4. The van der Waals surface area contributed by atoms with Crippen molar-refractivity contribution in [2.75, 3.05) is 24.7 Å². The molecule has 0 amide bonds. The highest BCUT2D eigenvalue weighted by Crippen LogP contribution is 2.21. The van der Waals surface area contributed by atoms with E-state index >= 15 is 0 Å². The van der Waals surface area contributed by atoms with Gasteiger partial charge in [-0.15, -0.1) is 0 Å². The molecule has 0 saturated carbocycles. The van der Waals surface area contributed by atoms with Crippen molar-refractivity contribution >= 4 is 16.1 Å². The van der Waals surface area contributed by atoms with Crippen LogP contribution in [0.25, 0.3) is 0 Å². The van der Waals surface area contributed by atoms with Crippen molar-refractivity contribution in [3.63, 3.8) is 0 Å². The highest BCUT2D eigenvalue weighted by atomic mass is 32.2. The van der Waals surface area contributed by atoms with Crippen LogP contribution in [0.4, 0.5) is 4.39 Å². The van der Waals surface area contributed by atoms with E-state index in [0.29, 0.717) is 36.1 Å². The van der Waals surface area contributed by atoms with Gasteiger partial charge in [0.15, 0.2) is 9.84 Å². The molecular weight excluding hydrogens is 397 g/mol. The summed E-state index contributed by atoms with van der Waals surface area (Å²) in [4.78, 5) is 12.7. The fraction of sp³-hybridized carbons (Fsp3) is 0.381. The number of hydrogen-bond donors (Lipinski definition) is 1. The third-order valence-electron chi connectivity index (χ3n) is 4.88. The van der Waals surface area contributed by atoms with Crippen molar-refractivity contribution in [3.05, 3.63) is 65.5 Å². The predicted octanol–water partition coefficient (Wildman–Crippen LogP) is 2.07. The first-order valence-corrected chi connectivity index (χ1v) is 11.2. The lowest BCUT2D eigenvalue weighted by Crippen LogP contribution is -2.42. The molecule has 1 aliphatic rings. The zero-order valence-corrected chi connectivity index (χ0v) is 16.7. The van der Waals surface area contributed by atoms with Gasteiger partial charge in [-0.05, 0) is 36.2 Å². The van der Waals surface area contributed by atoms with E-state index in [2.05, 4.69) is 0 Å². The molecule has 0 radical (unpaired) electrons. The number of ether oxygens (including phenoxy) is 1. The molecule has 29 heavy (non-hydrogen) atoms. The Morgan fingerprint density at radius 1 is 1.24 bits per heavy atom. The van der Waals surface area contributed by atoms with Gasteiger partial charge in [0.1, 0.15) is 30.6 Å². The second-order valence-corrected chi connectivity index (χ2v) is 9.50. The lowest BCUT2D eigenvalue weighted by molar-refractivity contribution is 0.0524. The van der Waals surface area contributed by atoms with Crippen LogP contribution in [-0.2, 0) is 16.4 Å². The number of carbonyl (C=O) groups is 1. The summed E-state index contributed by atoms with van der Waals surface area (Å²) in [6, 6.07) is 12.5. The largest absolute Gasteiger partial charge is 0.491 e. The van der Waals surface area contributed by atoms with E-state index in [0.717, 1.165) is 0 Å². The molecule has 2 atom stereocenters. The van der Waals surface area contributed by atoms with Gasteiger partial charge in [0.2, 0.25) is 0 Å². The number of rotatable bonds is 9. The maximum atomic E-state index is 13.5. The van der Waals surface area contributed by atoms with Gasteiger partial charge >= 0.3 is 0 Å². The summed E-state index contributed by atoms with van der Waals surface area (Å²) in [6.07, 6.45) is 0.309. The number of aliphatic hydroxyl groups excluding tert-OH is 1. The summed E-state index contributed by atoms with van der Waals surface area (Å²) in [5.41, 5.74) is 1.18. The van der Waals surface area contributed by atoms with Crippen molar-refractivity contribution in [1.29, 1.82) is 0 Å². The number of sulfone groups is 1. The van der Waals surface area contributed by atoms with Gasteiger partial charge in [0, 0.05) is 24.7 Å². The van der Waals surface area contributed by atoms with Crippen LogP contribution in [0.1, 0.15) is 22.3 Å². The second kappa shape index (κ2) is 9.47. The van der Waals surface area contributed by atoms with E-state index in [4.69, 9.17) is 4.74 Å². The number of halogens is 1. The Morgan fingerprint density at radius 3 is 2.72 bits per heavy atom. The standard InChI is InChI=1S/C21H24FNO5S/c22-18-5-1-3-16(9-18)11-23(19-7-8-29(26,27)15-19)12-20(25)14-28-21-6-2-4-17(10-21)13-24/h1-6,9-10,13,19-20,25H,7-8,11-12,14-15H2. The van der Waals surface area contributed by atoms with Gasteiger partial charge in [-0.2, -0.15) is 0 Å². The van der Waals surface area contributed by atoms with Crippen LogP contribution < -0.4 is 4.74 Å². The Labute approximate surface area is 169 Å². The Morgan fingerprint density at radius 2 is 2.03 bits per heavy atom. The van der Waals surface area contributed by atoms with E-state index in [-0.39, 0.29) is 36.5 Å². The number of benzene rings is 2. The van der Waals surface area contributed by atoms with Crippen LogP contribution in [0.2, 0.25) is 0 Å². The summed E-state index contributed by atoms with van der Waals surface area (Å²) < 4.78 is 42.9. The van der Waals surface area contributed by atoms with Crippen molar-refractivity contribution in [1.82, 2.24) is 4.90 Å². The highest BCUT2D eigenvalue weighted by molar-refractivity contribution is 7.91. The van der Waals surface area contributed by atoms with Crippen LogP contribution in [0, 0.1) is 5.82 Å². The second-order valence-electron chi connectivity index (χ2n) is 7.27. The molecule has 1 fully saturated rings. The number of nitrogens with zero attached hydrogens (tertiary/aromatic N) is 1. The minimum absolute atomic E-state index is 0.0125. The molecule has 6 nitrogen and oxygen atoms in total. The fourth-order valence-electron chi connectivity index (χ4n) is 3.47. The summed E-state index contributed by atoms with van der Waals surface area (Å²) in [6.45, 7) is 0.501. The van der Waals surface area contributed by atoms with Crippen LogP contribution in [0.15, 0.2) is 48.5 Å². The van der Waals surface area contributed by atoms with Crippen LogP contribution in [0.3, 0.4) is 0 Å². The van der Waals surface area contributed by atoms with Gasteiger partial charge in [-0.3, -0.25) is 9.69 Å². The average molecular weight is 421 g/mol. The molecule has 1 heterocycles. The maximum absolute atomic E-state index is 13.5. The SMILES string of the molecule is O=Cc1cccc(OCC(O)CN(Cc2cccc(F)c2)C2CCS(=O)(=O)C2)c1. The Hall–Kier alpha value is -2.29. The van der Waals surface area contributed by atoms with Crippen molar-refractivity contribution < 1.29 is 27.4 Å². The molecule has 156 valence electrons. The van der Waals surface area contributed by atoms with E-state index in [1.54, 1.807) is 36.4 Å². The average Bonchev–Trinajstić information content (AvgIpc) is 3.06. The molecule has 2 aromatic rings. The maximum Gasteiger partial charge on any atom is 0.151 e. The van der Waals surface area contributed by atoms with E-state index in [1.165, 1.54) is 12.1 Å². The highest BCUT2D eigenvalue weighted by Gasteiger charge is 2.33. The van der Waals surface area contributed by atoms with Crippen LogP contribution in [0.5, 0.6) is 5.75 Å². The summed E-state index contributed by atoms with van der Waals surface area (Å²) in [5.74, 6) is 0.244. The molecule has 1 aliphatic heterocycles. The number of aldehydes is 1. The Kier molecular flexibility index (Phi) is 7.00. The Balaban J connectivity index is 1.65. The van der Waals surface area contributed by atoms with Crippen molar-refractivity contribution in [3.8, 4) is 5.75 Å². The smallest absolute Gasteiger partial charge is 0.151 e. The lowest BCUT2D eigenvalue weighted by atomic mass is 10.1.